The Morgan fingerprint density at radius 1 is 1.24 bits per heavy atom. The molecular formula is C12H10BrCl2NS. The molecule has 5 heteroatoms. The van der Waals surface area contributed by atoms with Crippen LogP contribution < -0.4 is 5.73 Å². The highest BCUT2D eigenvalue weighted by Crippen LogP contribution is 2.37. The van der Waals surface area contributed by atoms with E-state index < -0.39 is 0 Å². The maximum Gasteiger partial charge on any atom is 0.0888 e. The van der Waals surface area contributed by atoms with Crippen LogP contribution in [0.15, 0.2) is 28.1 Å². The van der Waals surface area contributed by atoms with Gasteiger partial charge in [0.1, 0.15) is 0 Å². The fourth-order valence-electron chi connectivity index (χ4n) is 1.63. The number of hydrogen-bond donors (Lipinski definition) is 1. The largest absolute Gasteiger partial charge is 0.320 e. The standard InChI is InChI=1S/C12H10BrCl2NS/c1-6-2-7(4-8(14)3-6)11(16)10-5-9(15)12(13)17-10/h2-5,11H,16H2,1H3. The molecule has 2 N–H and O–H groups in total. The molecule has 0 radical (unpaired) electrons. The predicted molar refractivity (Wildman–Crippen MR) is 79.2 cm³/mol. The molecule has 0 bridgehead atoms. The van der Waals surface area contributed by atoms with E-state index in [1.807, 2.05) is 31.2 Å². The third-order valence-electron chi connectivity index (χ3n) is 2.39. The van der Waals surface area contributed by atoms with Gasteiger partial charge in [-0.3, -0.25) is 0 Å². The SMILES string of the molecule is Cc1cc(Cl)cc(C(N)c2cc(Cl)c(Br)s2)c1. The zero-order chi connectivity index (χ0) is 12.6. The van der Waals surface area contributed by atoms with E-state index in [0.717, 1.165) is 19.8 Å². The van der Waals surface area contributed by atoms with Crippen molar-refractivity contribution in [3.63, 3.8) is 0 Å². The molecule has 1 atom stereocenters. The molecule has 0 saturated heterocycles. The second kappa shape index (κ2) is 5.29. The molecule has 1 aromatic heterocycles. The van der Waals surface area contributed by atoms with Crippen LogP contribution in [-0.4, -0.2) is 0 Å². The maximum atomic E-state index is 6.21. The van der Waals surface area contributed by atoms with Crippen LogP contribution in [0.25, 0.3) is 0 Å². The van der Waals surface area contributed by atoms with Crippen molar-refractivity contribution in [3.05, 3.63) is 54.1 Å². The summed E-state index contributed by atoms with van der Waals surface area (Å²) in [6.45, 7) is 2.00. The quantitative estimate of drug-likeness (QED) is 0.793. The number of thiophene rings is 1. The fourth-order valence-corrected chi connectivity index (χ4v) is 3.70. The Hall–Kier alpha value is -0.0600. The van der Waals surface area contributed by atoms with Gasteiger partial charge in [-0.05, 0) is 52.2 Å². The van der Waals surface area contributed by atoms with Gasteiger partial charge in [0.05, 0.1) is 14.9 Å². The number of aryl methyl sites for hydroxylation is 1. The summed E-state index contributed by atoms with van der Waals surface area (Å²) in [4.78, 5) is 1.02. The highest BCUT2D eigenvalue weighted by molar-refractivity contribution is 9.11. The lowest BCUT2D eigenvalue weighted by atomic mass is 10.0. The van der Waals surface area contributed by atoms with E-state index in [-0.39, 0.29) is 6.04 Å². The minimum absolute atomic E-state index is 0.193. The first kappa shape index (κ1) is 13.4. The summed E-state index contributed by atoms with van der Waals surface area (Å²) in [6.07, 6.45) is 0. The zero-order valence-electron chi connectivity index (χ0n) is 9.01. The summed E-state index contributed by atoms with van der Waals surface area (Å²) in [5.41, 5.74) is 8.31. The monoisotopic (exact) mass is 349 g/mol. The molecule has 0 aliphatic rings. The lowest BCUT2D eigenvalue weighted by Gasteiger charge is -2.11. The van der Waals surface area contributed by atoms with E-state index in [4.69, 9.17) is 28.9 Å². The van der Waals surface area contributed by atoms with Crippen molar-refractivity contribution in [1.29, 1.82) is 0 Å². The molecule has 0 aliphatic carbocycles. The van der Waals surface area contributed by atoms with Gasteiger partial charge < -0.3 is 5.73 Å². The van der Waals surface area contributed by atoms with E-state index in [1.54, 1.807) is 11.3 Å². The van der Waals surface area contributed by atoms with Crippen LogP contribution in [0, 0.1) is 6.92 Å². The Morgan fingerprint density at radius 2 is 1.94 bits per heavy atom. The average Bonchev–Trinajstić information content (AvgIpc) is 2.57. The second-order valence-corrected chi connectivity index (χ2v) is 7.06. The summed E-state index contributed by atoms with van der Waals surface area (Å²) in [6, 6.07) is 7.53. The van der Waals surface area contributed by atoms with Crippen molar-refractivity contribution in [2.75, 3.05) is 0 Å². The van der Waals surface area contributed by atoms with Crippen LogP contribution in [0.3, 0.4) is 0 Å². The van der Waals surface area contributed by atoms with Gasteiger partial charge in [-0.2, -0.15) is 0 Å². The number of nitrogens with two attached hydrogens (primary N) is 1. The molecule has 0 saturated carbocycles. The normalized spacial score (nSPS) is 12.8. The van der Waals surface area contributed by atoms with Gasteiger partial charge in [-0.15, -0.1) is 11.3 Å². The molecule has 1 nitrogen and oxygen atoms in total. The van der Waals surface area contributed by atoms with Gasteiger partial charge in [0.25, 0.3) is 0 Å². The van der Waals surface area contributed by atoms with Gasteiger partial charge in [-0.25, -0.2) is 0 Å². The minimum Gasteiger partial charge on any atom is -0.320 e. The maximum absolute atomic E-state index is 6.21. The molecule has 17 heavy (non-hydrogen) atoms. The smallest absolute Gasteiger partial charge is 0.0888 e. The van der Waals surface area contributed by atoms with Crippen LogP contribution >= 0.6 is 50.5 Å². The van der Waals surface area contributed by atoms with E-state index in [0.29, 0.717) is 10.0 Å². The zero-order valence-corrected chi connectivity index (χ0v) is 12.9. The lowest BCUT2D eigenvalue weighted by molar-refractivity contribution is 0.891. The molecular weight excluding hydrogens is 341 g/mol. The van der Waals surface area contributed by atoms with Gasteiger partial charge in [0, 0.05) is 9.90 Å². The van der Waals surface area contributed by atoms with Gasteiger partial charge in [0.15, 0.2) is 0 Å². The van der Waals surface area contributed by atoms with Crippen LogP contribution in [0.4, 0.5) is 0 Å². The molecule has 2 rings (SSSR count). The Kier molecular flexibility index (Phi) is 4.16. The summed E-state index contributed by atoms with van der Waals surface area (Å²) >= 11 is 17.0. The Balaban J connectivity index is 2.39. The molecule has 0 aliphatic heterocycles. The van der Waals surface area contributed by atoms with E-state index in [9.17, 15) is 0 Å². The molecule has 90 valence electrons. The minimum atomic E-state index is -0.193. The Labute approximate surface area is 123 Å². The first-order valence-electron chi connectivity index (χ1n) is 4.95. The second-order valence-electron chi connectivity index (χ2n) is 3.81. The average molecular weight is 351 g/mol. The van der Waals surface area contributed by atoms with Crippen molar-refractivity contribution >= 4 is 50.5 Å². The molecule has 1 heterocycles. The summed E-state index contributed by atoms with van der Waals surface area (Å²) in [5, 5.41) is 1.40. The van der Waals surface area contributed by atoms with Crippen LogP contribution in [0.2, 0.25) is 10.0 Å². The molecule has 2 aromatic rings. The molecule has 0 fully saturated rings. The van der Waals surface area contributed by atoms with Crippen molar-refractivity contribution < 1.29 is 0 Å². The van der Waals surface area contributed by atoms with E-state index in [1.165, 1.54) is 0 Å². The molecule has 1 unspecified atom stereocenters. The number of hydrogen-bond acceptors (Lipinski definition) is 2. The number of rotatable bonds is 2. The van der Waals surface area contributed by atoms with Gasteiger partial charge in [-0.1, -0.05) is 29.3 Å². The number of benzene rings is 1. The Bertz CT molecular complexity index is 514. The summed E-state index contributed by atoms with van der Waals surface area (Å²) < 4.78 is 0.906. The van der Waals surface area contributed by atoms with Crippen LogP contribution in [0.5, 0.6) is 0 Å². The molecule has 1 aromatic carbocycles. The highest BCUT2D eigenvalue weighted by Gasteiger charge is 2.14. The summed E-state index contributed by atoms with van der Waals surface area (Å²) in [7, 11) is 0. The predicted octanol–water partition coefficient (Wildman–Crippen LogP) is 5.17. The number of halogens is 3. The van der Waals surface area contributed by atoms with Crippen molar-refractivity contribution in [1.82, 2.24) is 0 Å². The Morgan fingerprint density at radius 3 is 2.47 bits per heavy atom. The van der Waals surface area contributed by atoms with Gasteiger partial charge >= 0.3 is 0 Å². The lowest BCUT2D eigenvalue weighted by Crippen LogP contribution is -2.10. The molecule has 0 spiro atoms. The van der Waals surface area contributed by atoms with Gasteiger partial charge in [0.2, 0.25) is 0 Å². The topological polar surface area (TPSA) is 26.0 Å². The first-order chi connectivity index (χ1) is 7.97. The van der Waals surface area contributed by atoms with Crippen molar-refractivity contribution in [2.45, 2.75) is 13.0 Å². The van der Waals surface area contributed by atoms with Crippen LogP contribution in [-0.2, 0) is 0 Å². The third-order valence-corrected chi connectivity index (χ3v) is 5.17. The third kappa shape index (κ3) is 3.04. The van der Waals surface area contributed by atoms with E-state index >= 15 is 0 Å². The van der Waals surface area contributed by atoms with Crippen LogP contribution in [0.1, 0.15) is 22.0 Å². The van der Waals surface area contributed by atoms with Crippen molar-refractivity contribution in [2.24, 2.45) is 5.73 Å². The van der Waals surface area contributed by atoms with E-state index in [2.05, 4.69) is 15.9 Å². The fraction of sp³-hybridized carbons (Fsp3) is 0.167. The molecule has 0 amide bonds. The van der Waals surface area contributed by atoms with Crippen molar-refractivity contribution in [3.8, 4) is 0 Å². The first-order valence-corrected chi connectivity index (χ1v) is 7.31. The summed E-state index contributed by atoms with van der Waals surface area (Å²) in [5.74, 6) is 0. The highest BCUT2D eigenvalue weighted by atomic mass is 79.9.